The van der Waals surface area contributed by atoms with Crippen LogP contribution in [-0.2, 0) is 16.1 Å². The molecular weight excluding hydrogens is 256 g/mol. The van der Waals surface area contributed by atoms with Crippen LogP contribution in [0.4, 0.5) is 0 Å². The molecule has 2 aliphatic rings. The van der Waals surface area contributed by atoms with Gasteiger partial charge in [0.1, 0.15) is 11.8 Å². The van der Waals surface area contributed by atoms with Crippen LogP contribution in [0.2, 0.25) is 0 Å². The third-order valence-electron chi connectivity index (χ3n) is 4.24. The molecule has 0 radical (unpaired) electrons. The van der Waals surface area contributed by atoms with Crippen molar-refractivity contribution in [3.63, 3.8) is 0 Å². The SMILES string of the molecule is O=C(NC1CCCC1)[C@H]1CCC(=O)N1Cc1ccco1. The van der Waals surface area contributed by atoms with E-state index in [1.165, 1.54) is 12.8 Å². The first-order chi connectivity index (χ1) is 9.74. The molecule has 1 atom stereocenters. The van der Waals surface area contributed by atoms with Crippen LogP contribution >= 0.6 is 0 Å². The maximum absolute atomic E-state index is 12.4. The molecule has 1 aromatic heterocycles. The standard InChI is InChI=1S/C15H20N2O3/c18-14-8-7-13(15(19)16-11-4-1-2-5-11)17(14)10-12-6-3-9-20-12/h3,6,9,11,13H,1-2,4-5,7-8,10H2,(H,16,19)/t13-/m1/s1. The molecule has 108 valence electrons. The van der Waals surface area contributed by atoms with E-state index in [1.807, 2.05) is 6.07 Å². The highest BCUT2D eigenvalue weighted by molar-refractivity contribution is 5.91. The number of nitrogens with zero attached hydrogens (tertiary/aromatic N) is 1. The highest BCUT2D eigenvalue weighted by Gasteiger charge is 2.37. The minimum atomic E-state index is -0.340. The first kappa shape index (κ1) is 13.2. The van der Waals surface area contributed by atoms with Crippen LogP contribution in [0.25, 0.3) is 0 Å². The predicted molar refractivity (Wildman–Crippen MR) is 72.7 cm³/mol. The summed E-state index contributed by atoms with van der Waals surface area (Å²) in [6.45, 7) is 0.384. The number of nitrogens with one attached hydrogen (secondary N) is 1. The summed E-state index contributed by atoms with van der Waals surface area (Å²) >= 11 is 0. The van der Waals surface area contributed by atoms with Crippen LogP contribution < -0.4 is 5.32 Å². The van der Waals surface area contributed by atoms with Gasteiger partial charge in [0.2, 0.25) is 11.8 Å². The van der Waals surface area contributed by atoms with Crippen molar-refractivity contribution in [1.82, 2.24) is 10.2 Å². The molecule has 5 heteroatoms. The van der Waals surface area contributed by atoms with Crippen molar-refractivity contribution in [3.8, 4) is 0 Å². The fraction of sp³-hybridized carbons (Fsp3) is 0.600. The summed E-state index contributed by atoms with van der Waals surface area (Å²) in [5, 5.41) is 3.09. The first-order valence-corrected chi connectivity index (χ1v) is 7.36. The van der Waals surface area contributed by atoms with Gasteiger partial charge in [-0.2, -0.15) is 0 Å². The number of amides is 2. The summed E-state index contributed by atoms with van der Waals surface area (Å²) in [6, 6.07) is 3.58. The molecule has 1 N–H and O–H groups in total. The van der Waals surface area contributed by atoms with Gasteiger partial charge in [-0.05, 0) is 31.4 Å². The largest absolute Gasteiger partial charge is 0.467 e. The predicted octanol–water partition coefficient (Wildman–Crippen LogP) is 1.83. The average molecular weight is 276 g/mol. The molecule has 1 aromatic rings. The lowest BCUT2D eigenvalue weighted by Crippen LogP contribution is -2.47. The van der Waals surface area contributed by atoms with E-state index in [4.69, 9.17) is 4.42 Å². The molecule has 0 unspecified atom stereocenters. The third kappa shape index (κ3) is 2.71. The lowest BCUT2D eigenvalue weighted by molar-refractivity contribution is -0.136. The summed E-state index contributed by atoms with van der Waals surface area (Å²) < 4.78 is 5.28. The number of carbonyl (C=O) groups is 2. The second-order valence-electron chi connectivity index (χ2n) is 5.65. The van der Waals surface area contributed by atoms with E-state index in [0.29, 0.717) is 25.4 Å². The van der Waals surface area contributed by atoms with Crippen molar-refractivity contribution < 1.29 is 14.0 Å². The van der Waals surface area contributed by atoms with E-state index in [2.05, 4.69) is 5.32 Å². The monoisotopic (exact) mass is 276 g/mol. The second kappa shape index (κ2) is 5.69. The Bertz CT molecular complexity index is 477. The number of carbonyl (C=O) groups excluding carboxylic acids is 2. The van der Waals surface area contributed by atoms with Crippen LogP contribution in [0.15, 0.2) is 22.8 Å². The Morgan fingerprint density at radius 3 is 2.85 bits per heavy atom. The Hall–Kier alpha value is -1.78. The zero-order valence-electron chi connectivity index (χ0n) is 11.5. The Morgan fingerprint density at radius 2 is 2.15 bits per heavy atom. The fourth-order valence-electron chi connectivity index (χ4n) is 3.14. The van der Waals surface area contributed by atoms with E-state index in [0.717, 1.165) is 18.6 Å². The van der Waals surface area contributed by atoms with Crippen molar-refractivity contribution in [2.24, 2.45) is 0 Å². The Balaban J connectivity index is 1.64. The fourth-order valence-corrected chi connectivity index (χ4v) is 3.14. The molecule has 20 heavy (non-hydrogen) atoms. The van der Waals surface area contributed by atoms with Crippen LogP contribution in [0, 0.1) is 0 Å². The Morgan fingerprint density at radius 1 is 1.35 bits per heavy atom. The lowest BCUT2D eigenvalue weighted by atomic mass is 10.1. The summed E-state index contributed by atoms with van der Waals surface area (Å²) in [5.41, 5.74) is 0. The Kier molecular flexibility index (Phi) is 3.76. The molecule has 1 aliphatic carbocycles. The van der Waals surface area contributed by atoms with E-state index in [9.17, 15) is 9.59 Å². The first-order valence-electron chi connectivity index (χ1n) is 7.36. The number of likely N-dealkylation sites (tertiary alicyclic amines) is 1. The maximum Gasteiger partial charge on any atom is 0.243 e. The van der Waals surface area contributed by atoms with Gasteiger partial charge in [-0.25, -0.2) is 0 Å². The van der Waals surface area contributed by atoms with Crippen LogP contribution in [0.5, 0.6) is 0 Å². The molecular formula is C15H20N2O3. The van der Waals surface area contributed by atoms with Crippen molar-refractivity contribution in [3.05, 3.63) is 24.2 Å². The van der Waals surface area contributed by atoms with Gasteiger partial charge >= 0.3 is 0 Å². The molecule has 3 rings (SSSR count). The summed E-state index contributed by atoms with van der Waals surface area (Å²) in [5.74, 6) is 0.751. The van der Waals surface area contributed by atoms with Crippen LogP contribution in [0.1, 0.15) is 44.3 Å². The van der Waals surface area contributed by atoms with E-state index in [1.54, 1.807) is 17.2 Å². The third-order valence-corrected chi connectivity index (χ3v) is 4.24. The molecule has 0 aromatic carbocycles. The maximum atomic E-state index is 12.4. The molecule has 1 aliphatic heterocycles. The van der Waals surface area contributed by atoms with E-state index < -0.39 is 0 Å². The number of furan rings is 1. The molecule has 0 bridgehead atoms. The molecule has 1 saturated heterocycles. The van der Waals surface area contributed by atoms with Gasteiger partial charge in [-0.3, -0.25) is 9.59 Å². The van der Waals surface area contributed by atoms with Crippen LogP contribution in [0.3, 0.4) is 0 Å². The minimum Gasteiger partial charge on any atom is -0.467 e. The van der Waals surface area contributed by atoms with Crippen molar-refractivity contribution in [1.29, 1.82) is 0 Å². The normalized spacial score (nSPS) is 23.5. The average Bonchev–Trinajstić information content (AvgIpc) is 3.14. The van der Waals surface area contributed by atoms with E-state index in [-0.39, 0.29) is 17.9 Å². The second-order valence-corrected chi connectivity index (χ2v) is 5.65. The van der Waals surface area contributed by atoms with Crippen molar-refractivity contribution in [2.45, 2.75) is 57.2 Å². The van der Waals surface area contributed by atoms with Gasteiger partial charge in [0, 0.05) is 12.5 Å². The van der Waals surface area contributed by atoms with E-state index >= 15 is 0 Å². The van der Waals surface area contributed by atoms with Gasteiger partial charge < -0.3 is 14.6 Å². The number of rotatable bonds is 4. The zero-order chi connectivity index (χ0) is 13.9. The van der Waals surface area contributed by atoms with Crippen molar-refractivity contribution >= 4 is 11.8 Å². The number of hydrogen-bond acceptors (Lipinski definition) is 3. The Labute approximate surface area is 118 Å². The quantitative estimate of drug-likeness (QED) is 0.912. The highest BCUT2D eigenvalue weighted by Crippen LogP contribution is 2.23. The van der Waals surface area contributed by atoms with Crippen molar-refractivity contribution in [2.75, 3.05) is 0 Å². The molecule has 1 saturated carbocycles. The van der Waals surface area contributed by atoms with Gasteiger partial charge in [0.15, 0.2) is 0 Å². The van der Waals surface area contributed by atoms with Crippen LogP contribution in [-0.4, -0.2) is 28.8 Å². The number of hydrogen-bond donors (Lipinski definition) is 1. The van der Waals surface area contributed by atoms with Gasteiger partial charge in [-0.15, -0.1) is 0 Å². The molecule has 2 heterocycles. The zero-order valence-corrected chi connectivity index (χ0v) is 11.5. The smallest absolute Gasteiger partial charge is 0.243 e. The molecule has 0 spiro atoms. The van der Waals surface area contributed by atoms with Gasteiger partial charge in [0.25, 0.3) is 0 Å². The minimum absolute atomic E-state index is 0.00527. The molecule has 2 fully saturated rings. The topological polar surface area (TPSA) is 62.6 Å². The lowest BCUT2D eigenvalue weighted by Gasteiger charge is -2.24. The van der Waals surface area contributed by atoms with Gasteiger partial charge in [-0.1, -0.05) is 12.8 Å². The van der Waals surface area contributed by atoms with Gasteiger partial charge in [0.05, 0.1) is 12.8 Å². The summed E-state index contributed by atoms with van der Waals surface area (Å²) in [4.78, 5) is 25.9. The summed E-state index contributed by atoms with van der Waals surface area (Å²) in [6.07, 6.45) is 7.13. The molecule has 2 amide bonds. The highest BCUT2D eigenvalue weighted by atomic mass is 16.3. The summed E-state index contributed by atoms with van der Waals surface area (Å²) in [7, 11) is 0. The molecule has 5 nitrogen and oxygen atoms in total.